The van der Waals surface area contributed by atoms with Crippen LogP contribution in [0.15, 0.2) is 55.1 Å². The molecule has 4 heterocycles. The Labute approximate surface area is 203 Å². The van der Waals surface area contributed by atoms with Gasteiger partial charge in [-0.15, -0.1) is 10.2 Å². The Bertz CT molecular complexity index is 1510. The highest BCUT2D eigenvalue weighted by atomic mass is 35.5. The lowest BCUT2D eigenvalue weighted by Crippen LogP contribution is -2.34. The molecular formula is C22H20ClN9O3. The second-order valence-electron chi connectivity index (χ2n) is 8.27. The SMILES string of the molecule is C[C@](O)(CO)Cn1cc(-c2ccn3ncc(C(=O)Nc4cc(-c5nn[nH]n5)ccc4Cl)c3c2)cn1. The Hall–Kier alpha value is -4.13. The summed E-state index contributed by atoms with van der Waals surface area (Å²) in [5.41, 5.74) is 2.27. The molecule has 1 amide bonds. The number of anilines is 1. The number of nitrogens with zero attached hydrogens (tertiary/aromatic N) is 7. The first-order chi connectivity index (χ1) is 16.8. The van der Waals surface area contributed by atoms with Crippen molar-refractivity contribution in [3.05, 3.63) is 65.7 Å². The highest BCUT2D eigenvalue weighted by Crippen LogP contribution is 2.28. The average molecular weight is 494 g/mol. The van der Waals surface area contributed by atoms with Gasteiger partial charge in [-0.3, -0.25) is 9.48 Å². The van der Waals surface area contributed by atoms with Crippen LogP contribution in [0.2, 0.25) is 5.02 Å². The summed E-state index contributed by atoms with van der Waals surface area (Å²) < 4.78 is 3.15. The highest BCUT2D eigenvalue weighted by molar-refractivity contribution is 6.34. The van der Waals surface area contributed by atoms with Crippen molar-refractivity contribution in [2.75, 3.05) is 11.9 Å². The fourth-order valence-corrected chi connectivity index (χ4v) is 3.73. The number of rotatable bonds is 7. The number of aliphatic hydroxyl groups excluding tert-OH is 1. The van der Waals surface area contributed by atoms with E-state index in [0.29, 0.717) is 33.2 Å². The molecule has 5 rings (SSSR count). The van der Waals surface area contributed by atoms with Gasteiger partial charge in [-0.2, -0.15) is 15.4 Å². The van der Waals surface area contributed by atoms with E-state index >= 15 is 0 Å². The molecule has 13 heteroatoms. The van der Waals surface area contributed by atoms with Gasteiger partial charge in [-0.25, -0.2) is 4.52 Å². The number of hydrogen-bond acceptors (Lipinski definition) is 8. The third kappa shape index (κ3) is 4.62. The van der Waals surface area contributed by atoms with Gasteiger partial charge in [0.2, 0.25) is 5.82 Å². The van der Waals surface area contributed by atoms with E-state index in [9.17, 15) is 15.0 Å². The zero-order chi connectivity index (χ0) is 24.6. The predicted molar refractivity (Wildman–Crippen MR) is 127 cm³/mol. The first kappa shape index (κ1) is 22.7. The minimum Gasteiger partial charge on any atom is -0.393 e. The van der Waals surface area contributed by atoms with Crippen molar-refractivity contribution < 1.29 is 15.0 Å². The number of carbonyl (C=O) groups is 1. The number of aromatic nitrogens is 8. The molecule has 178 valence electrons. The summed E-state index contributed by atoms with van der Waals surface area (Å²) in [7, 11) is 0. The van der Waals surface area contributed by atoms with Crippen molar-refractivity contribution in [1.82, 2.24) is 40.0 Å². The first-order valence-corrected chi connectivity index (χ1v) is 10.9. The molecule has 4 N–H and O–H groups in total. The minimum absolute atomic E-state index is 0.135. The fourth-order valence-electron chi connectivity index (χ4n) is 3.57. The van der Waals surface area contributed by atoms with Crippen LogP contribution in [0.3, 0.4) is 0 Å². The maximum atomic E-state index is 13.1. The summed E-state index contributed by atoms with van der Waals surface area (Å²) in [5, 5.41) is 44.9. The van der Waals surface area contributed by atoms with Gasteiger partial charge in [0.15, 0.2) is 0 Å². The zero-order valence-corrected chi connectivity index (χ0v) is 19.2. The van der Waals surface area contributed by atoms with Crippen LogP contribution in [0.25, 0.3) is 28.0 Å². The van der Waals surface area contributed by atoms with Crippen LogP contribution in [-0.2, 0) is 6.54 Å². The topological polar surface area (TPSA) is 159 Å². The second kappa shape index (κ2) is 8.91. The molecule has 1 aromatic carbocycles. The molecule has 35 heavy (non-hydrogen) atoms. The number of hydrogen-bond donors (Lipinski definition) is 4. The Morgan fingerprint density at radius 1 is 1.17 bits per heavy atom. The molecule has 1 atom stereocenters. The molecule has 0 saturated heterocycles. The van der Waals surface area contributed by atoms with Crippen LogP contribution >= 0.6 is 11.6 Å². The van der Waals surface area contributed by atoms with Crippen LogP contribution in [0, 0.1) is 0 Å². The lowest BCUT2D eigenvalue weighted by molar-refractivity contribution is -0.0145. The average Bonchev–Trinajstić information content (AvgIpc) is 3.61. The third-order valence-corrected chi connectivity index (χ3v) is 5.72. The summed E-state index contributed by atoms with van der Waals surface area (Å²) in [5.74, 6) is -0.0159. The van der Waals surface area contributed by atoms with Gasteiger partial charge < -0.3 is 15.5 Å². The van der Waals surface area contributed by atoms with Crippen LogP contribution < -0.4 is 5.32 Å². The number of fused-ring (bicyclic) bond motifs is 1. The molecule has 5 aromatic rings. The molecule has 0 aliphatic rings. The van der Waals surface area contributed by atoms with Gasteiger partial charge in [-0.1, -0.05) is 11.6 Å². The van der Waals surface area contributed by atoms with Crippen molar-refractivity contribution in [2.24, 2.45) is 0 Å². The molecule has 0 saturated carbocycles. The second-order valence-corrected chi connectivity index (χ2v) is 8.68. The Morgan fingerprint density at radius 3 is 2.80 bits per heavy atom. The third-order valence-electron chi connectivity index (χ3n) is 5.39. The fraction of sp³-hybridized carbons (Fsp3) is 0.182. The lowest BCUT2D eigenvalue weighted by atomic mass is 10.1. The Balaban J connectivity index is 1.42. The van der Waals surface area contributed by atoms with Crippen LogP contribution in [0.1, 0.15) is 17.3 Å². The van der Waals surface area contributed by atoms with Gasteiger partial charge >= 0.3 is 0 Å². The van der Waals surface area contributed by atoms with Crippen LogP contribution in [0.5, 0.6) is 0 Å². The van der Waals surface area contributed by atoms with E-state index in [1.165, 1.54) is 13.1 Å². The van der Waals surface area contributed by atoms with Gasteiger partial charge in [0.25, 0.3) is 5.91 Å². The van der Waals surface area contributed by atoms with Crippen molar-refractivity contribution >= 4 is 28.7 Å². The number of benzene rings is 1. The molecule has 0 radical (unpaired) electrons. The molecule has 0 bridgehead atoms. The number of H-pyrrole nitrogens is 1. The largest absolute Gasteiger partial charge is 0.393 e. The maximum Gasteiger partial charge on any atom is 0.259 e. The van der Waals surface area contributed by atoms with E-state index in [2.05, 4.69) is 36.1 Å². The van der Waals surface area contributed by atoms with Crippen molar-refractivity contribution in [3.8, 4) is 22.5 Å². The monoisotopic (exact) mass is 493 g/mol. The molecule has 0 aliphatic heterocycles. The minimum atomic E-state index is -1.29. The number of aromatic amines is 1. The van der Waals surface area contributed by atoms with E-state index in [1.54, 1.807) is 46.0 Å². The normalized spacial score (nSPS) is 13.1. The van der Waals surface area contributed by atoms with Gasteiger partial charge in [-0.05, 0) is 48.0 Å². The summed E-state index contributed by atoms with van der Waals surface area (Å²) >= 11 is 6.30. The van der Waals surface area contributed by atoms with Gasteiger partial charge in [0.1, 0.15) is 5.60 Å². The smallest absolute Gasteiger partial charge is 0.259 e. The Morgan fingerprint density at radius 2 is 2.03 bits per heavy atom. The van der Waals surface area contributed by atoms with E-state index < -0.39 is 5.60 Å². The van der Waals surface area contributed by atoms with Crippen molar-refractivity contribution in [3.63, 3.8) is 0 Å². The van der Waals surface area contributed by atoms with Gasteiger partial charge in [0, 0.05) is 23.5 Å². The first-order valence-electron chi connectivity index (χ1n) is 10.5. The maximum absolute atomic E-state index is 13.1. The standard InChI is InChI=1S/C22H20ClN9O3/c1-22(35,12-33)11-31-10-15(8-24-31)13-4-5-32-19(7-13)16(9-25-32)21(34)26-18-6-14(2-3-17(18)23)20-27-29-30-28-20/h2-10,33,35H,11-12H2,1H3,(H,26,34)(H,27,28,29,30)/t22-/m1/s1. The van der Waals surface area contributed by atoms with Gasteiger partial charge in [0.05, 0.1) is 47.3 Å². The Kier molecular flexibility index (Phi) is 5.76. The molecule has 0 fully saturated rings. The van der Waals surface area contributed by atoms with Crippen molar-refractivity contribution in [1.29, 1.82) is 0 Å². The summed E-state index contributed by atoms with van der Waals surface area (Å²) in [6.07, 6.45) is 6.63. The quantitative estimate of drug-likeness (QED) is 0.268. The number of nitrogens with one attached hydrogen (secondary N) is 2. The summed E-state index contributed by atoms with van der Waals surface area (Å²) in [6.45, 7) is 1.28. The van der Waals surface area contributed by atoms with Crippen LogP contribution in [-0.4, -0.2) is 68.3 Å². The zero-order valence-electron chi connectivity index (χ0n) is 18.4. The molecule has 4 aromatic heterocycles. The number of halogens is 1. The summed E-state index contributed by atoms with van der Waals surface area (Å²) in [4.78, 5) is 13.1. The highest BCUT2D eigenvalue weighted by Gasteiger charge is 2.21. The number of aliphatic hydroxyl groups is 2. The van der Waals surface area contributed by atoms with E-state index in [-0.39, 0.29) is 19.1 Å². The number of carbonyl (C=O) groups excluding carboxylic acids is 1. The van der Waals surface area contributed by atoms with E-state index in [0.717, 1.165) is 11.1 Å². The predicted octanol–water partition coefficient (Wildman–Crippen LogP) is 2.03. The molecular weight excluding hydrogens is 474 g/mol. The van der Waals surface area contributed by atoms with Crippen molar-refractivity contribution in [2.45, 2.75) is 19.1 Å². The summed E-state index contributed by atoms with van der Waals surface area (Å²) in [6, 6.07) is 8.70. The lowest BCUT2D eigenvalue weighted by Gasteiger charge is -2.19. The van der Waals surface area contributed by atoms with Crippen LogP contribution in [0.4, 0.5) is 5.69 Å². The molecule has 0 aliphatic carbocycles. The number of amides is 1. The number of pyridine rings is 1. The van der Waals surface area contributed by atoms with E-state index in [1.807, 2.05) is 12.1 Å². The molecule has 12 nitrogen and oxygen atoms in total. The van der Waals surface area contributed by atoms with E-state index in [4.69, 9.17) is 11.6 Å². The molecule has 0 unspecified atom stereocenters. The molecule has 0 spiro atoms. The number of tetrazole rings is 1.